The molecule has 0 saturated carbocycles. The van der Waals surface area contributed by atoms with Crippen LogP contribution in [-0.2, 0) is 14.3 Å². The number of aliphatic carboxylic acids is 1. The summed E-state index contributed by atoms with van der Waals surface area (Å²) in [7, 11) is 0. The number of hydrogen-bond donors (Lipinski definition) is 1. The molecule has 2 saturated heterocycles. The minimum atomic E-state index is -0.792. The highest BCUT2D eigenvalue weighted by molar-refractivity contribution is 5.80. The van der Waals surface area contributed by atoms with Gasteiger partial charge >= 0.3 is 5.97 Å². The van der Waals surface area contributed by atoms with Crippen molar-refractivity contribution in [3.05, 3.63) is 0 Å². The summed E-state index contributed by atoms with van der Waals surface area (Å²) in [5.74, 6) is -0.707. The highest BCUT2D eigenvalue weighted by Crippen LogP contribution is 2.21. The van der Waals surface area contributed by atoms with Crippen LogP contribution in [0.15, 0.2) is 0 Å². The van der Waals surface area contributed by atoms with Crippen molar-refractivity contribution in [3.63, 3.8) is 0 Å². The molecule has 0 spiro atoms. The van der Waals surface area contributed by atoms with Crippen LogP contribution in [-0.4, -0.2) is 48.2 Å². The molecule has 5 nitrogen and oxygen atoms in total. The molecule has 0 radical (unpaired) electrons. The number of rotatable bonds is 3. The molecule has 90 valence electrons. The predicted molar refractivity (Wildman–Crippen MR) is 55.9 cm³/mol. The number of carbonyl (C=O) groups is 2. The number of piperidine rings is 1. The first-order valence-corrected chi connectivity index (χ1v) is 5.75. The standard InChI is InChI=1S/C11H17NO4/c13-10-2-1-9(11(14)15)6-12(10)5-8-3-4-16-7-8/h8-9H,1-7H2,(H,14,15). The smallest absolute Gasteiger partial charge is 0.308 e. The van der Waals surface area contributed by atoms with Crippen LogP contribution in [0.25, 0.3) is 0 Å². The number of hydrogen-bond acceptors (Lipinski definition) is 3. The molecule has 5 heteroatoms. The Morgan fingerprint density at radius 1 is 1.50 bits per heavy atom. The van der Waals surface area contributed by atoms with Crippen LogP contribution in [0.3, 0.4) is 0 Å². The van der Waals surface area contributed by atoms with Gasteiger partial charge in [0.1, 0.15) is 0 Å². The van der Waals surface area contributed by atoms with Crippen molar-refractivity contribution < 1.29 is 19.4 Å². The Balaban J connectivity index is 1.90. The molecule has 2 atom stereocenters. The van der Waals surface area contributed by atoms with Crippen molar-refractivity contribution in [1.82, 2.24) is 4.90 Å². The lowest BCUT2D eigenvalue weighted by molar-refractivity contribution is -0.147. The SMILES string of the molecule is O=C(O)C1CCC(=O)N(CC2CCOC2)C1. The molecule has 2 heterocycles. The molecule has 16 heavy (non-hydrogen) atoms. The summed E-state index contributed by atoms with van der Waals surface area (Å²) >= 11 is 0. The van der Waals surface area contributed by atoms with Crippen molar-refractivity contribution in [1.29, 1.82) is 0 Å². The number of carboxylic acids is 1. The van der Waals surface area contributed by atoms with Gasteiger partial charge in [-0.1, -0.05) is 0 Å². The number of likely N-dealkylation sites (tertiary alicyclic amines) is 1. The first kappa shape index (κ1) is 11.4. The zero-order valence-corrected chi connectivity index (χ0v) is 9.22. The van der Waals surface area contributed by atoms with Crippen molar-refractivity contribution >= 4 is 11.9 Å². The number of amides is 1. The summed E-state index contributed by atoms with van der Waals surface area (Å²) in [6, 6.07) is 0. The van der Waals surface area contributed by atoms with Gasteiger partial charge in [-0.15, -0.1) is 0 Å². The lowest BCUT2D eigenvalue weighted by atomic mass is 9.96. The molecule has 2 aliphatic heterocycles. The minimum Gasteiger partial charge on any atom is -0.481 e. The number of carbonyl (C=O) groups excluding carboxylic acids is 1. The maximum Gasteiger partial charge on any atom is 0.308 e. The van der Waals surface area contributed by atoms with Crippen molar-refractivity contribution in [3.8, 4) is 0 Å². The molecule has 1 amide bonds. The zero-order chi connectivity index (χ0) is 11.5. The largest absolute Gasteiger partial charge is 0.481 e. The lowest BCUT2D eigenvalue weighted by Crippen LogP contribution is -2.44. The molecule has 2 unspecified atom stereocenters. The molecule has 0 aromatic rings. The van der Waals surface area contributed by atoms with Gasteiger partial charge in [-0.05, 0) is 12.8 Å². The second kappa shape index (κ2) is 4.82. The van der Waals surface area contributed by atoms with Gasteiger partial charge in [-0.25, -0.2) is 0 Å². The molecule has 0 aliphatic carbocycles. The van der Waals surface area contributed by atoms with Crippen LogP contribution in [0.1, 0.15) is 19.3 Å². The van der Waals surface area contributed by atoms with Gasteiger partial charge in [0.15, 0.2) is 0 Å². The fourth-order valence-corrected chi connectivity index (χ4v) is 2.33. The van der Waals surface area contributed by atoms with E-state index >= 15 is 0 Å². The van der Waals surface area contributed by atoms with E-state index in [0.29, 0.717) is 38.5 Å². The number of nitrogens with zero attached hydrogens (tertiary/aromatic N) is 1. The average molecular weight is 227 g/mol. The van der Waals surface area contributed by atoms with Gasteiger partial charge < -0.3 is 14.7 Å². The summed E-state index contributed by atoms with van der Waals surface area (Å²) in [5.41, 5.74) is 0. The number of carboxylic acid groups (broad SMARTS) is 1. The predicted octanol–water partition coefficient (Wildman–Crippen LogP) is 0.346. The quantitative estimate of drug-likeness (QED) is 0.755. The van der Waals surface area contributed by atoms with Gasteiger partial charge in [0.25, 0.3) is 0 Å². The monoisotopic (exact) mass is 227 g/mol. The maximum absolute atomic E-state index is 11.6. The van der Waals surface area contributed by atoms with Crippen molar-refractivity contribution in [2.24, 2.45) is 11.8 Å². The van der Waals surface area contributed by atoms with Crippen LogP contribution in [0.5, 0.6) is 0 Å². The fourth-order valence-electron chi connectivity index (χ4n) is 2.33. The Labute approximate surface area is 94.4 Å². The van der Waals surface area contributed by atoms with Crippen LogP contribution in [0, 0.1) is 11.8 Å². The zero-order valence-electron chi connectivity index (χ0n) is 9.22. The van der Waals surface area contributed by atoms with E-state index in [1.54, 1.807) is 4.90 Å². The summed E-state index contributed by atoms with van der Waals surface area (Å²) < 4.78 is 5.25. The molecular weight excluding hydrogens is 210 g/mol. The molecule has 0 bridgehead atoms. The highest BCUT2D eigenvalue weighted by Gasteiger charge is 2.31. The Morgan fingerprint density at radius 3 is 2.94 bits per heavy atom. The van der Waals surface area contributed by atoms with Crippen LogP contribution in [0.2, 0.25) is 0 Å². The summed E-state index contributed by atoms with van der Waals surface area (Å²) in [5, 5.41) is 8.94. The van der Waals surface area contributed by atoms with Gasteiger partial charge in [0.05, 0.1) is 12.5 Å². The topological polar surface area (TPSA) is 66.8 Å². The third kappa shape index (κ3) is 2.52. The molecular formula is C11H17NO4. The van der Waals surface area contributed by atoms with Gasteiger partial charge in [-0.2, -0.15) is 0 Å². The third-order valence-corrected chi connectivity index (χ3v) is 3.35. The van der Waals surface area contributed by atoms with Crippen molar-refractivity contribution in [2.45, 2.75) is 19.3 Å². The Bertz CT molecular complexity index is 286. The first-order valence-electron chi connectivity index (χ1n) is 5.75. The summed E-state index contributed by atoms with van der Waals surface area (Å²) in [4.78, 5) is 24.2. The Morgan fingerprint density at radius 2 is 2.31 bits per heavy atom. The molecule has 0 aromatic carbocycles. The van der Waals surface area contributed by atoms with E-state index in [4.69, 9.17) is 9.84 Å². The average Bonchev–Trinajstić information content (AvgIpc) is 2.73. The summed E-state index contributed by atoms with van der Waals surface area (Å²) in [6.07, 6.45) is 1.82. The first-order chi connectivity index (χ1) is 7.66. The molecule has 2 fully saturated rings. The van der Waals surface area contributed by atoms with E-state index < -0.39 is 5.97 Å². The van der Waals surface area contributed by atoms with E-state index in [-0.39, 0.29) is 11.8 Å². The fraction of sp³-hybridized carbons (Fsp3) is 0.818. The molecule has 2 rings (SSSR count). The van der Waals surface area contributed by atoms with E-state index in [1.807, 2.05) is 0 Å². The second-order valence-electron chi connectivity index (χ2n) is 4.60. The van der Waals surface area contributed by atoms with Crippen LogP contribution >= 0.6 is 0 Å². The van der Waals surface area contributed by atoms with Crippen molar-refractivity contribution in [2.75, 3.05) is 26.3 Å². The Hall–Kier alpha value is -1.10. The molecule has 1 N–H and O–H groups in total. The maximum atomic E-state index is 11.6. The van der Waals surface area contributed by atoms with Crippen LogP contribution in [0.4, 0.5) is 0 Å². The molecule has 2 aliphatic rings. The Kier molecular flexibility index (Phi) is 3.43. The number of ether oxygens (including phenoxy) is 1. The van der Waals surface area contributed by atoms with Gasteiger partial charge in [0.2, 0.25) is 5.91 Å². The lowest BCUT2D eigenvalue weighted by Gasteiger charge is -2.32. The van der Waals surface area contributed by atoms with Crippen LogP contribution < -0.4 is 0 Å². The van der Waals surface area contributed by atoms with Gasteiger partial charge in [0, 0.05) is 32.0 Å². The molecule has 0 aromatic heterocycles. The minimum absolute atomic E-state index is 0.0874. The summed E-state index contributed by atoms with van der Waals surface area (Å²) in [6.45, 7) is 2.48. The van der Waals surface area contributed by atoms with Gasteiger partial charge in [-0.3, -0.25) is 9.59 Å². The van der Waals surface area contributed by atoms with E-state index in [0.717, 1.165) is 13.0 Å². The highest BCUT2D eigenvalue weighted by atomic mass is 16.5. The normalized spacial score (nSPS) is 30.8. The third-order valence-electron chi connectivity index (χ3n) is 3.35. The second-order valence-corrected chi connectivity index (χ2v) is 4.60. The van der Waals surface area contributed by atoms with E-state index in [9.17, 15) is 9.59 Å². The van der Waals surface area contributed by atoms with E-state index in [1.165, 1.54) is 0 Å². The van der Waals surface area contributed by atoms with E-state index in [2.05, 4.69) is 0 Å².